The van der Waals surface area contributed by atoms with Crippen LogP contribution in [-0.2, 0) is 32.7 Å². The minimum absolute atomic E-state index is 0.138. The standard InChI is InChI=1S/C23H27NO6S.C6H14N4O2/c1-4-23(2,22(25)26)29-19-9-7-17(8-10-19)6-5-14-24-15-13-18-16-20(11-12-21(18)24)30-31(3,27)28;7-4(5(11)12)2-1-3-10-6(8)9/h7-13,15-16H,4-6,14H2,1-3H3,(H,25,26);4H,1-3,7H2,(H,11,12)(H4,8,9,10)/t23-;/m0./s1. The molecule has 2 aromatic carbocycles. The number of carboxylic acids is 2. The van der Waals surface area contributed by atoms with Crippen molar-refractivity contribution in [3.05, 3.63) is 60.3 Å². The Morgan fingerprint density at radius 3 is 2.30 bits per heavy atom. The van der Waals surface area contributed by atoms with Crippen molar-refractivity contribution < 1.29 is 42.1 Å². The number of benzene rings is 2. The minimum atomic E-state index is -3.55. The van der Waals surface area contributed by atoms with Crippen LogP contribution in [0.5, 0.6) is 11.5 Å². The second kappa shape index (κ2) is 15.8. The zero-order chi connectivity index (χ0) is 32.2. The van der Waals surface area contributed by atoms with E-state index in [0.717, 1.165) is 42.1 Å². The Bertz CT molecular complexity index is 1500. The van der Waals surface area contributed by atoms with E-state index in [9.17, 15) is 23.1 Å². The molecule has 0 fully saturated rings. The Morgan fingerprint density at radius 2 is 1.74 bits per heavy atom. The molecule has 14 heteroatoms. The van der Waals surface area contributed by atoms with Crippen LogP contribution in [0.2, 0.25) is 0 Å². The molecule has 0 spiro atoms. The first-order valence-electron chi connectivity index (χ1n) is 13.7. The van der Waals surface area contributed by atoms with Crippen LogP contribution >= 0.6 is 0 Å². The van der Waals surface area contributed by atoms with Gasteiger partial charge in [-0.25, -0.2) is 0 Å². The van der Waals surface area contributed by atoms with Crippen molar-refractivity contribution in [3.8, 4) is 11.5 Å². The highest BCUT2D eigenvalue weighted by Gasteiger charge is 2.25. The molecule has 0 amide bonds. The van der Waals surface area contributed by atoms with Crippen LogP contribution in [0, 0.1) is 0 Å². The third-order valence-corrected chi connectivity index (χ3v) is 7.06. The molecule has 0 aliphatic heterocycles. The van der Waals surface area contributed by atoms with Crippen molar-refractivity contribution in [2.45, 2.75) is 64.1 Å². The summed E-state index contributed by atoms with van der Waals surface area (Å²) in [5.74, 6) is -1.28. The average molecular weight is 620 g/mol. The fourth-order valence-corrected chi connectivity index (χ4v) is 4.43. The first-order chi connectivity index (χ1) is 20.1. The molecule has 13 nitrogen and oxygen atoms in total. The molecule has 0 bridgehead atoms. The van der Waals surface area contributed by atoms with E-state index in [1.807, 2.05) is 30.5 Å². The summed E-state index contributed by atoms with van der Waals surface area (Å²) in [7, 11) is -3.55. The van der Waals surface area contributed by atoms with E-state index in [1.54, 1.807) is 31.2 Å². The number of guanidine groups is 1. The lowest BCUT2D eigenvalue weighted by Gasteiger charge is -2.30. The molecule has 2 atom stereocenters. The highest BCUT2D eigenvalue weighted by atomic mass is 32.2. The number of fused-ring (bicyclic) bond motifs is 1. The SMILES string of the molecule is CC[C@](C)(Oc1ccc(CCCn2ccc3cc(OS(C)(=O)=O)ccc32)cc1)C(=O)[O-].NC(N)=[NH+]CCCC(N)C(=O)O. The molecule has 8 N–H and O–H groups in total. The Labute approximate surface area is 251 Å². The number of nitrogens with zero attached hydrogens (tertiary/aromatic N) is 1. The zero-order valence-corrected chi connectivity index (χ0v) is 25.4. The maximum absolute atomic E-state index is 11.3. The summed E-state index contributed by atoms with van der Waals surface area (Å²) in [5.41, 5.74) is 16.2. The van der Waals surface area contributed by atoms with Gasteiger partial charge in [0, 0.05) is 23.6 Å². The van der Waals surface area contributed by atoms with E-state index in [4.69, 9.17) is 31.2 Å². The number of carbonyl (C=O) groups excluding carboxylic acids is 1. The summed E-state index contributed by atoms with van der Waals surface area (Å²) in [6.45, 7) is 4.60. The molecule has 3 rings (SSSR count). The molecular weight excluding hydrogens is 578 g/mol. The molecule has 3 aromatic rings. The number of hydrogen-bond acceptors (Lipinski definition) is 8. The van der Waals surface area contributed by atoms with Gasteiger partial charge in [0.05, 0.1) is 18.8 Å². The van der Waals surface area contributed by atoms with Crippen LogP contribution in [0.25, 0.3) is 10.9 Å². The summed E-state index contributed by atoms with van der Waals surface area (Å²) in [5, 5.41) is 20.6. The highest BCUT2D eigenvalue weighted by molar-refractivity contribution is 7.86. The fraction of sp³-hybridized carbons (Fsp3) is 0.414. The molecule has 236 valence electrons. The normalized spacial score (nSPS) is 13.2. The molecule has 0 aliphatic rings. The van der Waals surface area contributed by atoms with Crippen molar-refractivity contribution in [2.24, 2.45) is 17.2 Å². The molecule has 0 aliphatic carbocycles. The van der Waals surface area contributed by atoms with Gasteiger partial charge in [-0.1, -0.05) is 19.1 Å². The maximum Gasteiger partial charge on any atom is 0.338 e. The van der Waals surface area contributed by atoms with Crippen LogP contribution in [0.3, 0.4) is 0 Å². The van der Waals surface area contributed by atoms with Crippen LogP contribution in [0.15, 0.2) is 54.7 Å². The number of rotatable bonds is 15. The molecule has 43 heavy (non-hydrogen) atoms. The van der Waals surface area contributed by atoms with Crippen molar-refractivity contribution >= 4 is 38.9 Å². The van der Waals surface area contributed by atoms with Crippen LogP contribution < -0.4 is 36.2 Å². The molecule has 0 saturated carbocycles. The third kappa shape index (κ3) is 11.8. The number of nitrogens with two attached hydrogens (primary N) is 3. The Morgan fingerprint density at radius 1 is 1.09 bits per heavy atom. The van der Waals surface area contributed by atoms with Gasteiger partial charge in [0.15, 0.2) is 0 Å². The van der Waals surface area contributed by atoms with Gasteiger partial charge in [-0.2, -0.15) is 8.42 Å². The van der Waals surface area contributed by atoms with Gasteiger partial charge in [0.1, 0.15) is 23.1 Å². The monoisotopic (exact) mass is 619 g/mol. The summed E-state index contributed by atoms with van der Waals surface area (Å²) in [6, 6.07) is 13.8. The predicted molar refractivity (Wildman–Crippen MR) is 161 cm³/mol. The van der Waals surface area contributed by atoms with Gasteiger partial charge in [-0.05, 0) is 81.0 Å². The highest BCUT2D eigenvalue weighted by Crippen LogP contribution is 2.24. The van der Waals surface area contributed by atoms with Crippen LogP contribution in [-0.4, -0.2) is 60.4 Å². The topological polar surface area (TPSA) is 227 Å². The first-order valence-corrected chi connectivity index (χ1v) is 15.5. The number of hydrogen-bond donors (Lipinski definition) is 5. The zero-order valence-electron chi connectivity index (χ0n) is 24.6. The lowest BCUT2D eigenvalue weighted by Crippen LogP contribution is -2.78. The van der Waals surface area contributed by atoms with Gasteiger partial charge in [0.2, 0.25) is 0 Å². The van der Waals surface area contributed by atoms with Gasteiger partial charge in [-0.15, -0.1) is 0 Å². The minimum Gasteiger partial charge on any atom is -0.546 e. The van der Waals surface area contributed by atoms with Crippen molar-refractivity contribution in [3.63, 3.8) is 0 Å². The van der Waals surface area contributed by atoms with Crippen molar-refractivity contribution in [1.82, 2.24) is 4.57 Å². The summed E-state index contributed by atoms with van der Waals surface area (Å²) < 4.78 is 35.2. The largest absolute Gasteiger partial charge is 0.546 e. The average Bonchev–Trinajstić information content (AvgIpc) is 3.33. The smallest absolute Gasteiger partial charge is 0.338 e. The number of aryl methyl sites for hydroxylation is 2. The molecular formula is C29H41N5O8S. The lowest BCUT2D eigenvalue weighted by atomic mass is 10.0. The summed E-state index contributed by atoms with van der Waals surface area (Å²) in [6.07, 6.45) is 6.09. The van der Waals surface area contributed by atoms with Crippen LogP contribution in [0.4, 0.5) is 0 Å². The van der Waals surface area contributed by atoms with E-state index < -0.39 is 33.7 Å². The maximum atomic E-state index is 11.3. The number of nitrogens with one attached hydrogen (secondary N) is 1. The van der Waals surface area contributed by atoms with E-state index in [1.165, 1.54) is 6.92 Å². The second-order valence-corrected chi connectivity index (χ2v) is 11.8. The lowest BCUT2D eigenvalue weighted by molar-refractivity contribution is -0.459. The molecule has 1 heterocycles. The van der Waals surface area contributed by atoms with Gasteiger partial charge in [0.25, 0.3) is 0 Å². The van der Waals surface area contributed by atoms with E-state index in [2.05, 4.69) is 9.56 Å². The molecule has 1 unspecified atom stereocenters. The van der Waals surface area contributed by atoms with Gasteiger partial charge < -0.3 is 34.2 Å². The Hall–Kier alpha value is -4.30. The van der Waals surface area contributed by atoms with Crippen molar-refractivity contribution in [2.75, 3.05) is 12.8 Å². The van der Waals surface area contributed by atoms with Crippen LogP contribution in [0.1, 0.15) is 45.1 Å². The second-order valence-electron chi connectivity index (χ2n) is 10.2. The Balaban J connectivity index is 0.000000455. The Kier molecular flexibility index (Phi) is 12.8. The quantitative estimate of drug-likeness (QED) is 0.0627. The summed E-state index contributed by atoms with van der Waals surface area (Å²) in [4.78, 5) is 24.2. The van der Waals surface area contributed by atoms with E-state index >= 15 is 0 Å². The van der Waals surface area contributed by atoms with E-state index in [0.29, 0.717) is 37.3 Å². The molecule has 1 aromatic heterocycles. The van der Waals surface area contributed by atoms with E-state index in [-0.39, 0.29) is 5.96 Å². The first kappa shape index (κ1) is 34.9. The molecule has 0 saturated heterocycles. The number of aliphatic carboxylic acids is 2. The predicted octanol–water partition coefficient (Wildman–Crippen LogP) is -0.558. The number of carbonyl (C=O) groups is 2. The third-order valence-electron chi connectivity index (χ3n) is 6.57. The van der Waals surface area contributed by atoms with Gasteiger partial charge >= 0.3 is 22.0 Å². The fourth-order valence-electron chi connectivity index (χ4n) is 3.97. The number of aromatic nitrogens is 1. The summed E-state index contributed by atoms with van der Waals surface area (Å²) >= 11 is 0. The number of ether oxygens (including phenoxy) is 1. The molecule has 0 radical (unpaired) electrons. The number of carboxylic acid groups (broad SMARTS) is 2. The van der Waals surface area contributed by atoms with Crippen molar-refractivity contribution in [1.29, 1.82) is 0 Å². The van der Waals surface area contributed by atoms with Gasteiger partial charge in [-0.3, -0.25) is 21.3 Å².